The van der Waals surface area contributed by atoms with Gasteiger partial charge in [-0.15, -0.1) is 0 Å². The number of rotatable bonds is 3. The minimum Gasteiger partial charge on any atom is -0.498 e. The number of aliphatic hydroxyl groups is 1. The first-order valence-corrected chi connectivity index (χ1v) is 6.44. The Morgan fingerprint density at radius 3 is 1.86 bits per heavy atom. The van der Waals surface area contributed by atoms with Crippen LogP contribution in [0.1, 0.15) is 13.8 Å². The minimum atomic E-state index is -1.28. The van der Waals surface area contributed by atoms with Crippen LogP contribution in [-0.4, -0.2) is 43.2 Å². The van der Waals surface area contributed by atoms with Gasteiger partial charge in [0.1, 0.15) is 11.5 Å². The van der Waals surface area contributed by atoms with Crippen LogP contribution in [0.25, 0.3) is 0 Å². The molecule has 0 aromatic carbocycles. The zero-order valence-corrected chi connectivity index (χ0v) is 12.3. The van der Waals surface area contributed by atoms with E-state index in [2.05, 4.69) is 0 Å². The van der Waals surface area contributed by atoms with Crippen molar-refractivity contribution in [1.29, 1.82) is 0 Å². The van der Waals surface area contributed by atoms with Gasteiger partial charge in [-0.2, -0.15) is 0 Å². The SMILES string of the molecule is COC1=CC(C2C(=O)OC(C)(C)OC2=O)C=C(OC)C1O. The Kier molecular flexibility index (Phi) is 3.95. The van der Waals surface area contributed by atoms with Crippen molar-refractivity contribution >= 4 is 11.9 Å². The van der Waals surface area contributed by atoms with Gasteiger partial charge in [0, 0.05) is 19.8 Å². The van der Waals surface area contributed by atoms with Crippen molar-refractivity contribution in [1.82, 2.24) is 0 Å². The van der Waals surface area contributed by atoms with Gasteiger partial charge in [-0.25, -0.2) is 0 Å². The Morgan fingerprint density at radius 1 is 1.05 bits per heavy atom. The Hall–Kier alpha value is -2.02. The highest BCUT2D eigenvalue weighted by Crippen LogP contribution is 2.34. The quantitative estimate of drug-likeness (QED) is 0.599. The molecule has 1 aliphatic carbocycles. The van der Waals surface area contributed by atoms with Crippen LogP contribution in [0.2, 0.25) is 0 Å². The number of esters is 2. The number of methoxy groups -OCH3 is 2. The molecule has 1 N–H and O–H groups in total. The van der Waals surface area contributed by atoms with Crippen molar-refractivity contribution in [2.75, 3.05) is 14.2 Å². The average molecular weight is 298 g/mol. The second kappa shape index (κ2) is 5.40. The number of ether oxygens (including phenoxy) is 4. The molecule has 0 radical (unpaired) electrons. The third-order valence-corrected chi connectivity index (χ3v) is 3.31. The van der Waals surface area contributed by atoms with Crippen LogP contribution in [0.15, 0.2) is 23.7 Å². The van der Waals surface area contributed by atoms with Crippen LogP contribution in [-0.2, 0) is 28.5 Å². The summed E-state index contributed by atoms with van der Waals surface area (Å²) in [5, 5.41) is 9.94. The molecule has 0 aromatic heterocycles. The summed E-state index contributed by atoms with van der Waals surface area (Å²) in [6.45, 7) is 2.97. The van der Waals surface area contributed by atoms with Gasteiger partial charge in [0.2, 0.25) is 0 Å². The largest absolute Gasteiger partial charge is 0.498 e. The van der Waals surface area contributed by atoms with Crippen LogP contribution in [0.4, 0.5) is 0 Å². The Labute approximate surface area is 122 Å². The van der Waals surface area contributed by atoms with Crippen molar-refractivity contribution in [3.8, 4) is 0 Å². The molecule has 0 saturated carbocycles. The van der Waals surface area contributed by atoms with Crippen molar-refractivity contribution in [2.24, 2.45) is 11.8 Å². The second-order valence-electron chi connectivity index (χ2n) is 5.25. The van der Waals surface area contributed by atoms with E-state index in [1.807, 2.05) is 0 Å². The fraction of sp³-hybridized carbons (Fsp3) is 0.571. The topological polar surface area (TPSA) is 91.3 Å². The summed E-state index contributed by atoms with van der Waals surface area (Å²) in [5.74, 6) is -4.07. The summed E-state index contributed by atoms with van der Waals surface area (Å²) in [5.41, 5.74) is 0. The molecular weight excluding hydrogens is 280 g/mol. The summed E-state index contributed by atoms with van der Waals surface area (Å²) >= 11 is 0. The van der Waals surface area contributed by atoms with Crippen LogP contribution >= 0.6 is 0 Å². The molecule has 0 bridgehead atoms. The van der Waals surface area contributed by atoms with E-state index in [4.69, 9.17) is 18.9 Å². The van der Waals surface area contributed by atoms with E-state index in [-0.39, 0.29) is 11.5 Å². The Balaban J connectivity index is 2.32. The van der Waals surface area contributed by atoms with E-state index in [1.165, 1.54) is 40.2 Å². The lowest BCUT2D eigenvalue weighted by molar-refractivity contribution is -0.241. The van der Waals surface area contributed by atoms with Crippen LogP contribution in [0.5, 0.6) is 0 Å². The van der Waals surface area contributed by atoms with Crippen LogP contribution in [0, 0.1) is 11.8 Å². The lowest BCUT2D eigenvalue weighted by atomic mass is 9.86. The number of allylic oxidation sites excluding steroid dienone is 2. The molecule has 1 aliphatic heterocycles. The van der Waals surface area contributed by atoms with Crippen molar-refractivity contribution in [2.45, 2.75) is 25.7 Å². The van der Waals surface area contributed by atoms with E-state index in [9.17, 15) is 14.7 Å². The molecule has 0 amide bonds. The molecule has 0 atom stereocenters. The fourth-order valence-electron chi connectivity index (χ4n) is 2.34. The van der Waals surface area contributed by atoms with E-state index in [0.717, 1.165) is 0 Å². The van der Waals surface area contributed by atoms with Gasteiger partial charge in [-0.3, -0.25) is 9.59 Å². The number of carbonyl (C=O) groups is 2. The Morgan fingerprint density at radius 2 is 1.48 bits per heavy atom. The van der Waals surface area contributed by atoms with Gasteiger partial charge in [-0.1, -0.05) is 0 Å². The van der Waals surface area contributed by atoms with Crippen LogP contribution < -0.4 is 0 Å². The Bertz CT molecular complexity index is 475. The first kappa shape index (κ1) is 15.4. The number of carbonyl (C=O) groups excluding carboxylic acids is 2. The monoisotopic (exact) mass is 298 g/mol. The molecule has 2 aliphatic rings. The van der Waals surface area contributed by atoms with Gasteiger partial charge in [-0.05, 0) is 12.2 Å². The van der Waals surface area contributed by atoms with Gasteiger partial charge in [0.05, 0.1) is 14.2 Å². The third-order valence-electron chi connectivity index (χ3n) is 3.31. The molecule has 1 saturated heterocycles. The molecule has 0 spiro atoms. The average Bonchev–Trinajstić information content (AvgIpc) is 2.37. The number of hydrogen-bond donors (Lipinski definition) is 1. The number of aliphatic hydroxyl groups excluding tert-OH is 1. The summed E-state index contributed by atoms with van der Waals surface area (Å²) in [4.78, 5) is 24.1. The van der Waals surface area contributed by atoms with E-state index < -0.39 is 35.7 Å². The van der Waals surface area contributed by atoms with Gasteiger partial charge in [0.15, 0.2) is 12.0 Å². The zero-order chi connectivity index (χ0) is 15.8. The zero-order valence-electron chi connectivity index (χ0n) is 12.3. The molecule has 2 rings (SSSR count). The maximum absolute atomic E-state index is 12.1. The summed E-state index contributed by atoms with van der Waals surface area (Å²) in [7, 11) is 2.76. The molecule has 21 heavy (non-hydrogen) atoms. The highest BCUT2D eigenvalue weighted by molar-refractivity contribution is 5.97. The van der Waals surface area contributed by atoms with Crippen molar-refractivity contribution < 1.29 is 33.6 Å². The highest BCUT2D eigenvalue weighted by Gasteiger charge is 2.47. The molecular formula is C14H18O7. The number of hydrogen-bond acceptors (Lipinski definition) is 7. The predicted molar refractivity (Wildman–Crippen MR) is 69.4 cm³/mol. The highest BCUT2D eigenvalue weighted by atomic mass is 16.7. The smallest absolute Gasteiger partial charge is 0.324 e. The first-order chi connectivity index (χ1) is 9.79. The molecule has 7 nitrogen and oxygen atoms in total. The van der Waals surface area contributed by atoms with Gasteiger partial charge < -0.3 is 24.1 Å². The second-order valence-corrected chi connectivity index (χ2v) is 5.25. The third kappa shape index (κ3) is 2.87. The van der Waals surface area contributed by atoms with Gasteiger partial charge >= 0.3 is 11.9 Å². The normalized spacial score (nSPS) is 29.0. The van der Waals surface area contributed by atoms with Crippen molar-refractivity contribution in [3.05, 3.63) is 23.7 Å². The molecule has 116 valence electrons. The lowest BCUT2D eigenvalue weighted by Crippen LogP contribution is -2.48. The summed E-state index contributed by atoms with van der Waals surface area (Å²) in [6, 6.07) is 0. The predicted octanol–water partition coefficient (Wildman–Crippen LogP) is 0.490. The summed E-state index contributed by atoms with van der Waals surface area (Å²) in [6.07, 6.45) is 1.90. The standard InChI is InChI=1S/C14H18O7/c1-14(2)20-12(16)10(13(17)21-14)7-5-8(18-3)11(15)9(6-7)19-4/h5-7,10-11,15H,1-4H3. The molecule has 0 unspecified atom stereocenters. The molecule has 1 heterocycles. The molecule has 1 fully saturated rings. The maximum Gasteiger partial charge on any atom is 0.324 e. The molecule has 0 aromatic rings. The van der Waals surface area contributed by atoms with E-state index >= 15 is 0 Å². The molecule has 7 heteroatoms. The number of cyclic esters (lactones) is 2. The van der Waals surface area contributed by atoms with Crippen molar-refractivity contribution in [3.63, 3.8) is 0 Å². The van der Waals surface area contributed by atoms with Gasteiger partial charge in [0.25, 0.3) is 5.79 Å². The fourth-order valence-corrected chi connectivity index (χ4v) is 2.34. The van der Waals surface area contributed by atoms with E-state index in [0.29, 0.717) is 0 Å². The van der Waals surface area contributed by atoms with Crippen LogP contribution in [0.3, 0.4) is 0 Å². The van der Waals surface area contributed by atoms with E-state index in [1.54, 1.807) is 0 Å². The lowest BCUT2D eigenvalue weighted by Gasteiger charge is -2.35. The minimum absolute atomic E-state index is 0.199. The summed E-state index contributed by atoms with van der Waals surface area (Å²) < 4.78 is 20.3. The first-order valence-electron chi connectivity index (χ1n) is 6.44. The maximum atomic E-state index is 12.1.